The van der Waals surface area contributed by atoms with Crippen molar-refractivity contribution in [1.82, 2.24) is 19.9 Å². The summed E-state index contributed by atoms with van der Waals surface area (Å²) in [6.07, 6.45) is 6.30. The molecule has 2 aromatic heterocycles. The maximum absolute atomic E-state index is 11.3. The van der Waals surface area contributed by atoms with Crippen LogP contribution >= 0.6 is 0 Å². The minimum atomic E-state index is -0.517. The molecule has 1 unspecified atom stereocenters. The zero-order valence-electron chi connectivity index (χ0n) is 10.0. The first-order chi connectivity index (χ1) is 8.70. The van der Waals surface area contributed by atoms with E-state index in [0.717, 1.165) is 5.82 Å². The molecule has 0 aliphatic rings. The van der Waals surface area contributed by atoms with Gasteiger partial charge in [-0.05, 0) is 6.92 Å². The fourth-order valence-electron chi connectivity index (χ4n) is 1.44. The van der Waals surface area contributed by atoms with Crippen LogP contribution in [0.2, 0.25) is 0 Å². The summed E-state index contributed by atoms with van der Waals surface area (Å²) in [5, 5.41) is 3.09. The van der Waals surface area contributed by atoms with Gasteiger partial charge in [-0.2, -0.15) is 0 Å². The van der Waals surface area contributed by atoms with Crippen molar-refractivity contribution in [2.24, 2.45) is 0 Å². The third-order valence-electron chi connectivity index (χ3n) is 2.32. The molecular formula is C11H13N5O2. The third kappa shape index (κ3) is 2.62. The Labute approximate surface area is 104 Å². The van der Waals surface area contributed by atoms with Crippen LogP contribution in [0.3, 0.4) is 0 Å². The number of methoxy groups -OCH3 is 1. The third-order valence-corrected chi connectivity index (χ3v) is 2.32. The Balaban J connectivity index is 2.12. The van der Waals surface area contributed by atoms with Gasteiger partial charge in [-0.25, -0.2) is 14.8 Å². The Hall–Kier alpha value is -2.44. The van der Waals surface area contributed by atoms with Crippen molar-refractivity contribution >= 4 is 11.8 Å². The fourth-order valence-corrected chi connectivity index (χ4v) is 1.44. The number of nitrogens with one attached hydrogen (secondary N) is 2. The van der Waals surface area contributed by atoms with Gasteiger partial charge in [0.05, 0.1) is 25.5 Å². The van der Waals surface area contributed by atoms with Gasteiger partial charge in [0, 0.05) is 12.4 Å². The van der Waals surface area contributed by atoms with Gasteiger partial charge in [0.2, 0.25) is 0 Å². The molecule has 7 heteroatoms. The van der Waals surface area contributed by atoms with Crippen LogP contribution in [-0.2, 0) is 4.74 Å². The summed E-state index contributed by atoms with van der Waals surface area (Å²) in [7, 11) is 1.30. The van der Waals surface area contributed by atoms with Crippen LogP contribution in [0.4, 0.5) is 5.82 Å². The molecule has 0 saturated carbocycles. The highest BCUT2D eigenvalue weighted by Gasteiger charge is 2.11. The zero-order valence-corrected chi connectivity index (χ0v) is 10.0. The fraction of sp³-hybridized carbons (Fsp3) is 0.273. The van der Waals surface area contributed by atoms with Gasteiger partial charge in [-0.3, -0.25) is 4.98 Å². The summed E-state index contributed by atoms with van der Waals surface area (Å²) < 4.78 is 4.58. The van der Waals surface area contributed by atoms with E-state index >= 15 is 0 Å². The Morgan fingerprint density at radius 1 is 1.50 bits per heavy atom. The largest absolute Gasteiger partial charge is 0.464 e. The number of nitrogens with zero attached hydrogens (tertiary/aromatic N) is 3. The van der Waals surface area contributed by atoms with E-state index in [1.807, 2.05) is 6.92 Å². The lowest BCUT2D eigenvalue weighted by atomic mass is 10.3. The Bertz CT molecular complexity index is 526. The first-order valence-corrected chi connectivity index (χ1v) is 5.37. The minimum Gasteiger partial charge on any atom is -0.464 e. The molecule has 0 spiro atoms. The predicted molar refractivity (Wildman–Crippen MR) is 64.0 cm³/mol. The summed E-state index contributed by atoms with van der Waals surface area (Å²) >= 11 is 0. The number of aromatic amines is 1. The monoisotopic (exact) mass is 247 g/mol. The number of H-pyrrole nitrogens is 1. The number of aromatic nitrogens is 4. The molecule has 0 amide bonds. The molecule has 0 aliphatic carbocycles. The van der Waals surface area contributed by atoms with E-state index in [4.69, 9.17) is 0 Å². The van der Waals surface area contributed by atoms with E-state index in [-0.39, 0.29) is 11.7 Å². The second kappa shape index (κ2) is 5.26. The molecule has 2 aromatic rings. The van der Waals surface area contributed by atoms with Crippen molar-refractivity contribution in [3.05, 3.63) is 36.3 Å². The lowest BCUT2D eigenvalue weighted by Crippen LogP contribution is -2.12. The number of carbonyl (C=O) groups excluding carboxylic acids is 1. The molecule has 2 heterocycles. The van der Waals surface area contributed by atoms with E-state index in [1.165, 1.54) is 19.5 Å². The molecule has 0 saturated heterocycles. The van der Waals surface area contributed by atoms with Gasteiger partial charge in [0.25, 0.3) is 0 Å². The molecule has 2 N–H and O–H groups in total. The van der Waals surface area contributed by atoms with E-state index in [0.29, 0.717) is 5.82 Å². The topological polar surface area (TPSA) is 92.8 Å². The molecule has 0 aromatic carbocycles. The Morgan fingerprint density at radius 3 is 3.00 bits per heavy atom. The van der Waals surface area contributed by atoms with Gasteiger partial charge in [0.15, 0.2) is 5.69 Å². The second-order valence-corrected chi connectivity index (χ2v) is 3.62. The Morgan fingerprint density at radius 2 is 2.33 bits per heavy atom. The smallest absolute Gasteiger partial charge is 0.358 e. The van der Waals surface area contributed by atoms with Gasteiger partial charge in [-0.1, -0.05) is 0 Å². The molecule has 0 bridgehead atoms. The molecule has 0 radical (unpaired) electrons. The summed E-state index contributed by atoms with van der Waals surface area (Å²) in [4.78, 5) is 26.5. The first kappa shape index (κ1) is 12.0. The van der Waals surface area contributed by atoms with E-state index < -0.39 is 5.97 Å². The maximum Gasteiger partial charge on any atom is 0.358 e. The highest BCUT2D eigenvalue weighted by Crippen LogP contribution is 2.13. The first-order valence-electron chi connectivity index (χ1n) is 5.37. The molecular weight excluding hydrogens is 234 g/mol. The normalized spacial score (nSPS) is 11.9. The van der Waals surface area contributed by atoms with Crippen molar-refractivity contribution in [3.63, 3.8) is 0 Å². The van der Waals surface area contributed by atoms with E-state index in [9.17, 15) is 4.79 Å². The number of rotatable bonds is 4. The van der Waals surface area contributed by atoms with Crippen molar-refractivity contribution in [3.8, 4) is 0 Å². The number of ether oxygens (including phenoxy) is 1. The van der Waals surface area contributed by atoms with Gasteiger partial charge < -0.3 is 15.0 Å². The van der Waals surface area contributed by atoms with Crippen LogP contribution < -0.4 is 5.32 Å². The average molecular weight is 247 g/mol. The van der Waals surface area contributed by atoms with Gasteiger partial charge in [-0.15, -0.1) is 0 Å². The van der Waals surface area contributed by atoms with Crippen molar-refractivity contribution in [1.29, 1.82) is 0 Å². The molecule has 94 valence electrons. The Kier molecular flexibility index (Phi) is 3.52. The highest BCUT2D eigenvalue weighted by atomic mass is 16.5. The quantitative estimate of drug-likeness (QED) is 0.787. The minimum absolute atomic E-state index is 0.0674. The number of carbonyl (C=O) groups is 1. The number of imidazole rings is 1. The summed E-state index contributed by atoms with van der Waals surface area (Å²) in [6, 6.07) is -0.0674. The van der Waals surface area contributed by atoms with Crippen LogP contribution in [0.25, 0.3) is 0 Å². The summed E-state index contributed by atoms with van der Waals surface area (Å²) in [5.41, 5.74) is 0.161. The van der Waals surface area contributed by atoms with Crippen LogP contribution in [0.1, 0.15) is 29.3 Å². The SMILES string of the molecule is COC(=O)c1cncc(NC(C)c2ncc[nH]2)n1. The lowest BCUT2D eigenvalue weighted by molar-refractivity contribution is 0.0593. The molecule has 18 heavy (non-hydrogen) atoms. The second-order valence-electron chi connectivity index (χ2n) is 3.62. The number of hydrogen-bond acceptors (Lipinski definition) is 6. The number of hydrogen-bond donors (Lipinski definition) is 2. The van der Waals surface area contributed by atoms with Gasteiger partial charge >= 0.3 is 5.97 Å². The number of anilines is 1. The van der Waals surface area contributed by atoms with Crippen molar-refractivity contribution < 1.29 is 9.53 Å². The van der Waals surface area contributed by atoms with E-state index in [2.05, 4.69) is 30.0 Å². The lowest BCUT2D eigenvalue weighted by Gasteiger charge is -2.11. The molecule has 1 atom stereocenters. The summed E-state index contributed by atoms with van der Waals surface area (Å²) in [6.45, 7) is 1.92. The predicted octanol–water partition coefficient (Wildman–Crippen LogP) is 1.16. The van der Waals surface area contributed by atoms with Crippen LogP contribution in [0.15, 0.2) is 24.8 Å². The molecule has 7 nitrogen and oxygen atoms in total. The van der Waals surface area contributed by atoms with Crippen LogP contribution in [0.5, 0.6) is 0 Å². The van der Waals surface area contributed by atoms with Crippen LogP contribution in [-0.4, -0.2) is 33.0 Å². The van der Waals surface area contributed by atoms with Crippen molar-refractivity contribution in [2.75, 3.05) is 12.4 Å². The van der Waals surface area contributed by atoms with Crippen molar-refractivity contribution in [2.45, 2.75) is 13.0 Å². The standard InChI is InChI=1S/C11H13N5O2/c1-7(10-13-3-4-14-10)15-9-6-12-5-8(16-9)11(17)18-2/h3-7H,1-2H3,(H,13,14)(H,15,16). The average Bonchev–Trinajstić information content (AvgIpc) is 2.92. The summed E-state index contributed by atoms with van der Waals surface area (Å²) in [5.74, 6) is 0.749. The zero-order chi connectivity index (χ0) is 13.0. The maximum atomic E-state index is 11.3. The van der Waals surface area contributed by atoms with E-state index in [1.54, 1.807) is 12.4 Å². The highest BCUT2D eigenvalue weighted by molar-refractivity contribution is 5.87. The molecule has 2 rings (SSSR count). The molecule has 0 aliphatic heterocycles. The number of esters is 1. The van der Waals surface area contributed by atoms with Gasteiger partial charge in [0.1, 0.15) is 11.6 Å². The van der Waals surface area contributed by atoms with Crippen LogP contribution in [0, 0.1) is 0 Å². The molecule has 0 fully saturated rings.